The highest BCUT2D eigenvalue weighted by Gasteiger charge is 2.15. The standard InChI is InChI=1S/C10H11BrO2S/c1-7(10(12)13-2)14-9-6-4-3-5-8(9)11/h3-7H,1-2H3. The van der Waals surface area contributed by atoms with E-state index in [4.69, 9.17) is 0 Å². The molecule has 76 valence electrons. The van der Waals surface area contributed by atoms with Crippen LogP contribution in [0.2, 0.25) is 0 Å². The highest BCUT2D eigenvalue weighted by atomic mass is 79.9. The number of rotatable bonds is 3. The Morgan fingerprint density at radius 2 is 2.14 bits per heavy atom. The first-order chi connectivity index (χ1) is 6.65. The van der Waals surface area contributed by atoms with Gasteiger partial charge in [0.15, 0.2) is 0 Å². The topological polar surface area (TPSA) is 26.3 Å². The van der Waals surface area contributed by atoms with Crippen molar-refractivity contribution in [3.8, 4) is 0 Å². The van der Waals surface area contributed by atoms with Gasteiger partial charge in [-0.15, -0.1) is 11.8 Å². The van der Waals surface area contributed by atoms with Gasteiger partial charge < -0.3 is 4.74 Å². The number of carbonyl (C=O) groups excluding carboxylic acids is 1. The molecule has 0 heterocycles. The summed E-state index contributed by atoms with van der Waals surface area (Å²) >= 11 is 4.90. The van der Waals surface area contributed by atoms with Gasteiger partial charge in [0.2, 0.25) is 0 Å². The molecule has 0 aliphatic heterocycles. The second-order valence-corrected chi connectivity index (χ2v) is 4.95. The Kier molecular flexibility index (Phi) is 4.48. The van der Waals surface area contributed by atoms with E-state index in [9.17, 15) is 4.79 Å². The highest BCUT2D eigenvalue weighted by molar-refractivity contribution is 9.10. The molecule has 2 nitrogen and oxygen atoms in total. The molecule has 1 aromatic rings. The van der Waals surface area contributed by atoms with Crippen LogP contribution in [0.3, 0.4) is 0 Å². The van der Waals surface area contributed by atoms with Crippen molar-refractivity contribution in [2.75, 3.05) is 7.11 Å². The second-order valence-electron chi connectivity index (χ2n) is 2.71. The summed E-state index contributed by atoms with van der Waals surface area (Å²) in [5, 5.41) is -0.182. The molecular formula is C10H11BrO2S. The Labute approximate surface area is 96.2 Å². The van der Waals surface area contributed by atoms with E-state index in [1.165, 1.54) is 18.9 Å². The van der Waals surface area contributed by atoms with Gasteiger partial charge in [0.05, 0.1) is 7.11 Å². The van der Waals surface area contributed by atoms with Gasteiger partial charge in [-0.25, -0.2) is 0 Å². The summed E-state index contributed by atoms with van der Waals surface area (Å²) < 4.78 is 5.65. The first kappa shape index (κ1) is 11.6. The number of carbonyl (C=O) groups is 1. The Hall–Kier alpha value is -0.480. The van der Waals surface area contributed by atoms with Crippen molar-refractivity contribution in [2.45, 2.75) is 17.1 Å². The molecule has 0 saturated carbocycles. The average Bonchev–Trinajstić information content (AvgIpc) is 2.20. The van der Waals surface area contributed by atoms with Crippen LogP contribution in [-0.2, 0) is 9.53 Å². The Bertz CT molecular complexity index is 328. The SMILES string of the molecule is COC(=O)C(C)Sc1ccccc1Br. The molecule has 0 radical (unpaired) electrons. The summed E-state index contributed by atoms with van der Waals surface area (Å²) in [6.45, 7) is 1.83. The number of methoxy groups -OCH3 is 1. The van der Waals surface area contributed by atoms with Crippen molar-refractivity contribution in [2.24, 2.45) is 0 Å². The van der Waals surface area contributed by atoms with E-state index in [0.29, 0.717) is 0 Å². The third-order valence-corrected chi connectivity index (χ3v) is 3.78. The Morgan fingerprint density at radius 1 is 1.50 bits per heavy atom. The summed E-state index contributed by atoms with van der Waals surface area (Å²) in [6, 6.07) is 7.80. The maximum atomic E-state index is 11.2. The molecule has 14 heavy (non-hydrogen) atoms. The number of esters is 1. The fraction of sp³-hybridized carbons (Fsp3) is 0.300. The molecule has 0 aromatic heterocycles. The van der Waals surface area contributed by atoms with Crippen LogP contribution in [0, 0.1) is 0 Å². The van der Waals surface area contributed by atoms with Crippen LogP contribution < -0.4 is 0 Å². The predicted molar refractivity (Wildman–Crippen MR) is 61.5 cm³/mol. The average molecular weight is 275 g/mol. The maximum absolute atomic E-state index is 11.2. The molecule has 1 unspecified atom stereocenters. The summed E-state index contributed by atoms with van der Waals surface area (Å²) in [7, 11) is 1.40. The van der Waals surface area contributed by atoms with E-state index in [0.717, 1.165) is 9.37 Å². The Balaban J connectivity index is 2.69. The highest BCUT2D eigenvalue weighted by Crippen LogP contribution is 2.30. The van der Waals surface area contributed by atoms with Crippen LogP contribution in [0.15, 0.2) is 33.6 Å². The van der Waals surface area contributed by atoms with Crippen LogP contribution in [-0.4, -0.2) is 18.3 Å². The van der Waals surface area contributed by atoms with Crippen LogP contribution >= 0.6 is 27.7 Å². The zero-order valence-corrected chi connectivity index (χ0v) is 10.4. The molecule has 0 saturated heterocycles. The minimum atomic E-state index is -0.203. The first-order valence-electron chi connectivity index (χ1n) is 4.14. The number of hydrogen-bond donors (Lipinski definition) is 0. The molecule has 1 atom stereocenters. The summed E-state index contributed by atoms with van der Waals surface area (Å²) in [5.41, 5.74) is 0. The normalized spacial score (nSPS) is 12.2. The number of hydrogen-bond acceptors (Lipinski definition) is 3. The van der Waals surface area contributed by atoms with Gasteiger partial charge in [-0.05, 0) is 35.0 Å². The lowest BCUT2D eigenvalue weighted by atomic mass is 10.4. The van der Waals surface area contributed by atoms with Gasteiger partial charge in [0.25, 0.3) is 0 Å². The molecule has 0 aliphatic carbocycles. The number of halogens is 1. The van der Waals surface area contributed by atoms with Crippen molar-refractivity contribution in [3.63, 3.8) is 0 Å². The van der Waals surface area contributed by atoms with Crippen molar-refractivity contribution in [1.29, 1.82) is 0 Å². The molecular weight excluding hydrogens is 264 g/mol. The fourth-order valence-corrected chi connectivity index (χ4v) is 2.42. The van der Waals surface area contributed by atoms with E-state index in [1.54, 1.807) is 0 Å². The van der Waals surface area contributed by atoms with Crippen LogP contribution in [0.4, 0.5) is 0 Å². The summed E-state index contributed by atoms with van der Waals surface area (Å²) in [5.74, 6) is -0.203. The zero-order valence-electron chi connectivity index (χ0n) is 7.99. The third-order valence-electron chi connectivity index (χ3n) is 1.67. The van der Waals surface area contributed by atoms with E-state index in [-0.39, 0.29) is 11.2 Å². The number of benzene rings is 1. The largest absolute Gasteiger partial charge is 0.468 e. The van der Waals surface area contributed by atoms with Gasteiger partial charge >= 0.3 is 5.97 Å². The quantitative estimate of drug-likeness (QED) is 0.626. The maximum Gasteiger partial charge on any atom is 0.318 e. The third kappa shape index (κ3) is 3.03. The van der Waals surface area contributed by atoms with E-state index < -0.39 is 0 Å². The van der Waals surface area contributed by atoms with Crippen molar-refractivity contribution < 1.29 is 9.53 Å². The predicted octanol–water partition coefficient (Wildman–Crippen LogP) is 3.10. The minimum Gasteiger partial charge on any atom is -0.468 e. The lowest BCUT2D eigenvalue weighted by Crippen LogP contribution is -2.14. The second kappa shape index (κ2) is 5.41. The lowest BCUT2D eigenvalue weighted by molar-refractivity contribution is -0.139. The van der Waals surface area contributed by atoms with Crippen molar-refractivity contribution in [3.05, 3.63) is 28.7 Å². The van der Waals surface area contributed by atoms with E-state index >= 15 is 0 Å². The van der Waals surface area contributed by atoms with E-state index in [2.05, 4.69) is 20.7 Å². The van der Waals surface area contributed by atoms with Gasteiger partial charge in [-0.1, -0.05) is 12.1 Å². The van der Waals surface area contributed by atoms with Gasteiger partial charge in [0, 0.05) is 9.37 Å². The first-order valence-corrected chi connectivity index (χ1v) is 5.81. The summed E-state index contributed by atoms with van der Waals surface area (Å²) in [4.78, 5) is 12.2. The molecule has 1 aromatic carbocycles. The minimum absolute atomic E-state index is 0.182. The number of ether oxygens (including phenoxy) is 1. The van der Waals surface area contributed by atoms with Crippen LogP contribution in [0.25, 0.3) is 0 Å². The van der Waals surface area contributed by atoms with Crippen LogP contribution in [0.1, 0.15) is 6.92 Å². The molecule has 0 fully saturated rings. The molecule has 1 rings (SSSR count). The Morgan fingerprint density at radius 3 is 2.71 bits per heavy atom. The molecule has 0 amide bonds. The molecule has 0 N–H and O–H groups in total. The van der Waals surface area contributed by atoms with Crippen molar-refractivity contribution >= 4 is 33.7 Å². The smallest absolute Gasteiger partial charge is 0.318 e. The van der Waals surface area contributed by atoms with Gasteiger partial charge in [-0.2, -0.15) is 0 Å². The fourth-order valence-electron chi connectivity index (χ4n) is 0.945. The van der Waals surface area contributed by atoms with Gasteiger partial charge in [0.1, 0.15) is 5.25 Å². The molecule has 0 bridgehead atoms. The van der Waals surface area contributed by atoms with Gasteiger partial charge in [-0.3, -0.25) is 4.79 Å². The zero-order chi connectivity index (χ0) is 10.6. The molecule has 0 spiro atoms. The summed E-state index contributed by atoms with van der Waals surface area (Å²) in [6.07, 6.45) is 0. The number of thioether (sulfide) groups is 1. The molecule has 0 aliphatic rings. The molecule has 4 heteroatoms. The van der Waals surface area contributed by atoms with Crippen LogP contribution in [0.5, 0.6) is 0 Å². The monoisotopic (exact) mass is 274 g/mol. The lowest BCUT2D eigenvalue weighted by Gasteiger charge is -2.09. The van der Waals surface area contributed by atoms with Crippen molar-refractivity contribution in [1.82, 2.24) is 0 Å². The van der Waals surface area contributed by atoms with E-state index in [1.807, 2.05) is 31.2 Å².